The Morgan fingerprint density at radius 3 is 2.71 bits per heavy atom. The van der Waals surface area contributed by atoms with E-state index in [1.807, 2.05) is 39.0 Å². The summed E-state index contributed by atoms with van der Waals surface area (Å²) < 4.78 is 1.66. The molecule has 0 bridgehead atoms. The Balaban J connectivity index is 1.50. The Bertz CT molecular complexity index is 1070. The highest BCUT2D eigenvalue weighted by Crippen LogP contribution is 2.30. The van der Waals surface area contributed by atoms with Gasteiger partial charge in [0, 0.05) is 19.1 Å². The second kappa shape index (κ2) is 9.99. The zero-order valence-electron chi connectivity index (χ0n) is 20.4. The van der Waals surface area contributed by atoms with Crippen LogP contribution in [0.15, 0.2) is 30.6 Å². The normalized spacial score (nSPS) is 20.3. The molecule has 1 unspecified atom stereocenters. The number of benzene rings is 1. The van der Waals surface area contributed by atoms with E-state index in [9.17, 15) is 14.4 Å². The summed E-state index contributed by atoms with van der Waals surface area (Å²) >= 11 is 0. The van der Waals surface area contributed by atoms with Crippen LogP contribution in [0.2, 0.25) is 0 Å². The number of hydrogen-bond donors (Lipinski definition) is 2. The average molecular weight is 466 g/mol. The average Bonchev–Trinajstić information content (AvgIpc) is 3.46. The predicted molar refractivity (Wildman–Crippen MR) is 130 cm³/mol. The van der Waals surface area contributed by atoms with Gasteiger partial charge < -0.3 is 20.1 Å². The highest BCUT2D eigenvalue weighted by molar-refractivity contribution is 6.07. The van der Waals surface area contributed by atoms with Crippen molar-refractivity contribution in [3.8, 4) is 0 Å². The minimum Gasteiger partial charge on any atom is -0.351 e. The molecule has 0 saturated heterocycles. The molecule has 2 aliphatic rings. The number of fused-ring (bicyclic) bond motifs is 1. The van der Waals surface area contributed by atoms with Gasteiger partial charge in [-0.15, -0.1) is 0 Å². The molecule has 3 amide bonds. The zero-order valence-corrected chi connectivity index (χ0v) is 20.4. The number of nitrogens with one attached hydrogen (secondary N) is 2. The van der Waals surface area contributed by atoms with Gasteiger partial charge in [0.05, 0.1) is 12.9 Å². The van der Waals surface area contributed by atoms with Crippen LogP contribution in [-0.2, 0) is 17.8 Å². The van der Waals surface area contributed by atoms with E-state index in [2.05, 4.69) is 21.7 Å². The molecule has 8 nitrogen and oxygen atoms in total. The Labute approximate surface area is 201 Å². The molecule has 1 aliphatic heterocycles. The number of imidazole rings is 1. The van der Waals surface area contributed by atoms with Gasteiger partial charge in [-0.25, -0.2) is 4.98 Å². The second-order valence-corrected chi connectivity index (χ2v) is 9.75. The van der Waals surface area contributed by atoms with Crippen LogP contribution in [0, 0.1) is 6.92 Å². The van der Waals surface area contributed by atoms with Crippen LogP contribution >= 0.6 is 0 Å². The number of nitrogens with zero attached hydrogens (tertiary/aromatic N) is 3. The van der Waals surface area contributed by atoms with E-state index >= 15 is 0 Å². The molecule has 2 heterocycles. The topological polar surface area (TPSA) is 96.3 Å². The predicted octanol–water partition coefficient (Wildman–Crippen LogP) is 2.85. The lowest BCUT2D eigenvalue weighted by molar-refractivity contribution is -0.133. The van der Waals surface area contributed by atoms with Crippen molar-refractivity contribution in [3.63, 3.8) is 0 Å². The van der Waals surface area contributed by atoms with Gasteiger partial charge in [0.25, 0.3) is 11.8 Å². The molecule has 0 spiro atoms. The van der Waals surface area contributed by atoms with Gasteiger partial charge in [-0.3, -0.25) is 14.4 Å². The second-order valence-electron chi connectivity index (χ2n) is 9.75. The van der Waals surface area contributed by atoms with Crippen LogP contribution in [0.25, 0.3) is 0 Å². The van der Waals surface area contributed by atoms with E-state index < -0.39 is 5.54 Å². The third-order valence-electron chi connectivity index (χ3n) is 6.98. The first-order valence-corrected chi connectivity index (χ1v) is 12.3. The van der Waals surface area contributed by atoms with Crippen molar-refractivity contribution in [2.24, 2.45) is 0 Å². The summed E-state index contributed by atoms with van der Waals surface area (Å²) in [5.41, 5.74) is 1.67. The number of amides is 3. The molecule has 1 aliphatic carbocycles. The number of hydrogen-bond acceptors (Lipinski definition) is 4. The first-order chi connectivity index (χ1) is 16.3. The smallest absolute Gasteiger partial charge is 0.273 e. The minimum absolute atomic E-state index is 0.119. The Morgan fingerprint density at radius 1 is 1.24 bits per heavy atom. The van der Waals surface area contributed by atoms with Crippen LogP contribution in [-0.4, -0.2) is 56.8 Å². The molecular formula is C26H35N5O3. The maximum atomic E-state index is 13.6. The molecule has 2 N–H and O–H groups in total. The molecule has 8 heteroatoms. The van der Waals surface area contributed by atoms with Crippen LogP contribution < -0.4 is 10.6 Å². The fourth-order valence-electron chi connectivity index (χ4n) is 5.11. The third-order valence-corrected chi connectivity index (χ3v) is 6.98. The lowest BCUT2D eigenvalue weighted by atomic mass is 9.93. The standard InChI is InChI=1S/C26H35N5O3/c1-4-14-31-24(33)22-21(23(32)27-13-12-19-9-7-8-18(2)15-19)28-17-30(22)16-26(31,3)25(34)29-20-10-5-6-11-20/h7-9,15,17,20H,4-6,10-14,16H2,1-3H3,(H,27,32)(H,29,34). The molecule has 2 aromatic rings. The van der Waals surface area contributed by atoms with Crippen LogP contribution in [0.3, 0.4) is 0 Å². The molecule has 1 fully saturated rings. The number of rotatable bonds is 8. The molecule has 4 rings (SSSR count). The molecule has 1 saturated carbocycles. The minimum atomic E-state index is -1.03. The van der Waals surface area contributed by atoms with E-state index in [1.54, 1.807) is 9.47 Å². The van der Waals surface area contributed by atoms with Crippen LogP contribution in [0.1, 0.15) is 78.1 Å². The third kappa shape index (κ3) is 4.72. The van der Waals surface area contributed by atoms with Crippen molar-refractivity contribution in [2.45, 2.75) is 77.4 Å². The molecular weight excluding hydrogens is 430 g/mol. The fraction of sp³-hybridized carbons (Fsp3) is 0.538. The van der Waals surface area contributed by atoms with E-state index in [0.717, 1.165) is 31.2 Å². The molecule has 1 atom stereocenters. The number of aryl methyl sites for hydroxylation is 1. The van der Waals surface area contributed by atoms with Crippen molar-refractivity contribution < 1.29 is 14.4 Å². The van der Waals surface area contributed by atoms with Gasteiger partial charge in [0.2, 0.25) is 5.91 Å². The summed E-state index contributed by atoms with van der Waals surface area (Å²) in [6.07, 6.45) is 7.11. The number of carbonyl (C=O) groups excluding carboxylic acids is 3. The molecule has 0 radical (unpaired) electrons. The summed E-state index contributed by atoms with van der Waals surface area (Å²) in [4.78, 5) is 45.8. The Morgan fingerprint density at radius 2 is 2.00 bits per heavy atom. The van der Waals surface area contributed by atoms with E-state index in [-0.39, 0.29) is 41.7 Å². The highest BCUT2D eigenvalue weighted by atomic mass is 16.2. The maximum absolute atomic E-state index is 13.6. The van der Waals surface area contributed by atoms with Crippen molar-refractivity contribution in [1.29, 1.82) is 0 Å². The molecule has 1 aromatic carbocycles. The van der Waals surface area contributed by atoms with Crippen LogP contribution in [0.4, 0.5) is 0 Å². The van der Waals surface area contributed by atoms with Crippen molar-refractivity contribution >= 4 is 17.7 Å². The molecule has 182 valence electrons. The summed E-state index contributed by atoms with van der Waals surface area (Å²) in [7, 11) is 0. The van der Waals surface area contributed by atoms with Crippen LogP contribution in [0.5, 0.6) is 0 Å². The van der Waals surface area contributed by atoms with Gasteiger partial charge in [0.1, 0.15) is 11.2 Å². The largest absolute Gasteiger partial charge is 0.351 e. The van der Waals surface area contributed by atoms with Crippen molar-refractivity contribution in [2.75, 3.05) is 13.1 Å². The lowest BCUT2D eigenvalue weighted by Gasteiger charge is -2.44. The lowest BCUT2D eigenvalue weighted by Crippen LogP contribution is -2.65. The summed E-state index contributed by atoms with van der Waals surface area (Å²) in [6, 6.07) is 8.32. The Hall–Kier alpha value is -3.16. The molecule has 1 aromatic heterocycles. The number of aromatic nitrogens is 2. The van der Waals surface area contributed by atoms with Gasteiger partial charge in [-0.2, -0.15) is 0 Å². The fourth-order valence-corrected chi connectivity index (χ4v) is 5.11. The summed E-state index contributed by atoms with van der Waals surface area (Å²) in [5.74, 6) is -0.826. The van der Waals surface area contributed by atoms with Crippen molar-refractivity contribution in [1.82, 2.24) is 25.1 Å². The molecule has 34 heavy (non-hydrogen) atoms. The van der Waals surface area contributed by atoms with E-state index in [4.69, 9.17) is 0 Å². The van der Waals surface area contributed by atoms with Crippen molar-refractivity contribution in [3.05, 3.63) is 53.1 Å². The van der Waals surface area contributed by atoms with Gasteiger partial charge in [-0.05, 0) is 45.1 Å². The van der Waals surface area contributed by atoms with Gasteiger partial charge in [0.15, 0.2) is 5.69 Å². The first kappa shape index (κ1) is 24.0. The van der Waals surface area contributed by atoms with Gasteiger partial charge >= 0.3 is 0 Å². The van der Waals surface area contributed by atoms with Gasteiger partial charge in [-0.1, -0.05) is 49.6 Å². The van der Waals surface area contributed by atoms with E-state index in [1.165, 1.54) is 11.9 Å². The zero-order chi connectivity index (χ0) is 24.3. The Kier molecular flexibility index (Phi) is 7.05. The SMILES string of the molecule is CCCN1C(=O)c2c(C(=O)NCCc3cccc(C)c3)ncn2CC1(C)C(=O)NC1CCCC1. The first-order valence-electron chi connectivity index (χ1n) is 12.3. The number of carbonyl (C=O) groups is 3. The maximum Gasteiger partial charge on any atom is 0.273 e. The highest BCUT2D eigenvalue weighted by Gasteiger charge is 2.48. The summed E-state index contributed by atoms with van der Waals surface area (Å²) in [6.45, 7) is 6.99. The monoisotopic (exact) mass is 465 g/mol. The summed E-state index contributed by atoms with van der Waals surface area (Å²) in [5, 5.41) is 6.06. The quantitative estimate of drug-likeness (QED) is 0.627. The van der Waals surface area contributed by atoms with E-state index in [0.29, 0.717) is 25.9 Å².